The maximum Gasteiger partial charge on any atom is 0.295 e. The number of aliphatic hydroxyl groups excluding tert-OH is 1. The Labute approximate surface area is 162 Å². The standard InChI is InChI=1S/C21H22FN3O3/c1-24(2)11-4-12-25-18(15-5-3-10-23-13-15)17(20(27)21(25)28)19(26)14-6-8-16(22)9-7-14/h3,5-10,13,18,26H,4,11-12H2,1-2H3. The number of hydrogen-bond acceptors (Lipinski definition) is 5. The van der Waals surface area contributed by atoms with E-state index >= 15 is 0 Å². The number of likely N-dealkylation sites (tertiary alicyclic amines) is 1. The van der Waals surface area contributed by atoms with Crippen LogP contribution in [0.15, 0.2) is 54.4 Å². The summed E-state index contributed by atoms with van der Waals surface area (Å²) in [6.45, 7) is 1.11. The molecule has 0 saturated carbocycles. The molecule has 1 atom stereocenters. The second-order valence-corrected chi connectivity index (χ2v) is 6.94. The highest BCUT2D eigenvalue weighted by Crippen LogP contribution is 2.39. The lowest BCUT2D eigenvalue weighted by molar-refractivity contribution is -0.139. The van der Waals surface area contributed by atoms with Gasteiger partial charge in [0.15, 0.2) is 0 Å². The molecule has 28 heavy (non-hydrogen) atoms. The zero-order chi connectivity index (χ0) is 20.3. The molecule has 1 fully saturated rings. The van der Waals surface area contributed by atoms with Crippen molar-refractivity contribution >= 4 is 17.4 Å². The zero-order valence-corrected chi connectivity index (χ0v) is 15.8. The van der Waals surface area contributed by atoms with Crippen molar-refractivity contribution < 1.29 is 19.1 Å². The van der Waals surface area contributed by atoms with E-state index in [1.165, 1.54) is 29.2 Å². The lowest BCUT2D eigenvalue weighted by atomic mass is 9.96. The van der Waals surface area contributed by atoms with E-state index in [0.29, 0.717) is 18.5 Å². The van der Waals surface area contributed by atoms with E-state index in [9.17, 15) is 19.1 Å². The predicted molar refractivity (Wildman–Crippen MR) is 103 cm³/mol. The zero-order valence-electron chi connectivity index (χ0n) is 15.8. The first-order chi connectivity index (χ1) is 13.4. The van der Waals surface area contributed by atoms with E-state index in [4.69, 9.17) is 0 Å². The van der Waals surface area contributed by atoms with E-state index in [1.54, 1.807) is 24.5 Å². The lowest BCUT2D eigenvalue weighted by Crippen LogP contribution is -2.32. The van der Waals surface area contributed by atoms with E-state index < -0.39 is 23.5 Å². The summed E-state index contributed by atoms with van der Waals surface area (Å²) in [5.41, 5.74) is 0.909. The summed E-state index contributed by atoms with van der Waals surface area (Å²) in [6, 6.07) is 7.89. The molecule has 6 nitrogen and oxygen atoms in total. The second-order valence-electron chi connectivity index (χ2n) is 6.94. The summed E-state index contributed by atoms with van der Waals surface area (Å²) in [5, 5.41) is 10.8. The van der Waals surface area contributed by atoms with Crippen molar-refractivity contribution in [1.29, 1.82) is 0 Å². The average Bonchev–Trinajstić information content (AvgIpc) is 2.93. The molecule has 1 aromatic carbocycles. The number of aliphatic hydroxyl groups is 1. The summed E-state index contributed by atoms with van der Waals surface area (Å²) in [7, 11) is 3.86. The smallest absolute Gasteiger partial charge is 0.295 e. The van der Waals surface area contributed by atoms with Crippen LogP contribution >= 0.6 is 0 Å². The van der Waals surface area contributed by atoms with E-state index in [-0.39, 0.29) is 16.9 Å². The minimum absolute atomic E-state index is 0.00513. The largest absolute Gasteiger partial charge is 0.507 e. The number of rotatable bonds is 6. The van der Waals surface area contributed by atoms with Crippen LogP contribution in [0.3, 0.4) is 0 Å². The Hall–Kier alpha value is -3.06. The second kappa shape index (κ2) is 8.31. The first kappa shape index (κ1) is 19.7. The first-order valence-electron chi connectivity index (χ1n) is 8.99. The Morgan fingerprint density at radius 1 is 1.21 bits per heavy atom. The van der Waals surface area contributed by atoms with E-state index in [0.717, 1.165) is 6.54 Å². The predicted octanol–water partition coefficient (Wildman–Crippen LogP) is 2.59. The van der Waals surface area contributed by atoms with Gasteiger partial charge < -0.3 is 14.9 Å². The van der Waals surface area contributed by atoms with Crippen LogP contribution in [0.4, 0.5) is 4.39 Å². The number of ketones is 1. The fourth-order valence-corrected chi connectivity index (χ4v) is 3.32. The van der Waals surface area contributed by atoms with Gasteiger partial charge in [-0.2, -0.15) is 0 Å². The molecule has 3 rings (SSSR count). The maximum atomic E-state index is 13.2. The number of hydrogen-bond donors (Lipinski definition) is 1. The van der Waals surface area contributed by atoms with Gasteiger partial charge in [0.05, 0.1) is 11.6 Å². The summed E-state index contributed by atoms with van der Waals surface area (Å²) in [5.74, 6) is -2.18. The number of aromatic nitrogens is 1. The third kappa shape index (κ3) is 3.94. The van der Waals surface area contributed by atoms with Crippen molar-refractivity contribution in [1.82, 2.24) is 14.8 Å². The highest BCUT2D eigenvalue weighted by Gasteiger charge is 2.45. The number of carbonyl (C=O) groups excluding carboxylic acids is 2. The number of benzene rings is 1. The Morgan fingerprint density at radius 3 is 2.54 bits per heavy atom. The highest BCUT2D eigenvalue weighted by molar-refractivity contribution is 6.46. The molecule has 1 aromatic heterocycles. The Bertz CT molecular complexity index is 895. The van der Waals surface area contributed by atoms with Gasteiger partial charge in [-0.1, -0.05) is 6.07 Å². The molecule has 2 heterocycles. The van der Waals surface area contributed by atoms with Gasteiger partial charge in [-0.15, -0.1) is 0 Å². The summed E-state index contributed by atoms with van der Waals surface area (Å²) in [6.07, 6.45) is 3.85. The number of nitrogens with zero attached hydrogens (tertiary/aromatic N) is 3. The molecule has 0 aliphatic carbocycles. The van der Waals surface area contributed by atoms with Crippen molar-refractivity contribution in [2.24, 2.45) is 0 Å². The van der Waals surface area contributed by atoms with Crippen molar-refractivity contribution in [2.75, 3.05) is 27.2 Å². The third-order valence-corrected chi connectivity index (χ3v) is 4.66. The van der Waals surface area contributed by atoms with Crippen LogP contribution in [0.25, 0.3) is 5.76 Å². The number of pyridine rings is 1. The summed E-state index contributed by atoms with van der Waals surface area (Å²) >= 11 is 0. The quantitative estimate of drug-likeness (QED) is 0.472. The molecule has 1 saturated heterocycles. The minimum Gasteiger partial charge on any atom is -0.507 e. The molecule has 0 spiro atoms. The van der Waals surface area contributed by atoms with Crippen molar-refractivity contribution in [2.45, 2.75) is 12.5 Å². The number of Topliss-reactive ketones (excluding diaryl/α,β-unsaturated/α-hetero) is 1. The van der Waals surface area contributed by atoms with Crippen LogP contribution < -0.4 is 0 Å². The highest BCUT2D eigenvalue weighted by atomic mass is 19.1. The Kier molecular flexibility index (Phi) is 5.84. The van der Waals surface area contributed by atoms with Gasteiger partial charge in [0, 0.05) is 24.5 Å². The van der Waals surface area contributed by atoms with Crippen molar-refractivity contribution in [3.63, 3.8) is 0 Å². The van der Waals surface area contributed by atoms with Crippen LogP contribution in [0.5, 0.6) is 0 Å². The third-order valence-electron chi connectivity index (χ3n) is 4.66. The monoisotopic (exact) mass is 383 g/mol. The van der Waals surface area contributed by atoms with Crippen molar-refractivity contribution in [3.8, 4) is 0 Å². The van der Waals surface area contributed by atoms with Gasteiger partial charge in [-0.05, 0) is 63.0 Å². The van der Waals surface area contributed by atoms with Gasteiger partial charge in [0.25, 0.3) is 11.7 Å². The number of amides is 1. The molecule has 0 bridgehead atoms. The average molecular weight is 383 g/mol. The fraction of sp³-hybridized carbons (Fsp3) is 0.286. The van der Waals surface area contributed by atoms with E-state index in [1.807, 2.05) is 19.0 Å². The van der Waals surface area contributed by atoms with Gasteiger partial charge in [-0.3, -0.25) is 14.6 Å². The molecule has 1 unspecified atom stereocenters. The molecule has 2 aromatic rings. The SMILES string of the molecule is CN(C)CCCN1C(=O)C(=O)C(=C(O)c2ccc(F)cc2)C1c1cccnc1. The molecule has 1 aliphatic rings. The molecule has 1 N–H and O–H groups in total. The van der Waals surface area contributed by atoms with Crippen molar-refractivity contribution in [3.05, 3.63) is 71.3 Å². The maximum absolute atomic E-state index is 13.2. The van der Waals surface area contributed by atoms with Crippen LogP contribution in [0.2, 0.25) is 0 Å². The molecular weight excluding hydrogens is 361 g/mol. The van der Waals surface area contributed by atoms with Gasteiger partial charge in [0.1, 0.15) is 11.6 Å². The number of halogens is 1. The lowest BCUT2D eigenvalue weighted by Gasteiger charge is -2.25. The topological polar surface area (TPSA) is 73.7 Å². The Morgan fingerprint density at radius 2 is 1.93 bits per heavy atom. The van der Waals surface area contributed by atoms with Gasteiger partial charge in [-0.25, -0.2) is 4.39 Å². The molecule has 1 amide bonds. The Balaban J connectivity index is 2.06. The molecule has 146 valence electrons. The van der Waals surface area contributed by atoms with Crippen LogP contribution in [-0.2, 0) is 9.59 Å². The molecule has 7 heteroatoms. The number of carbonyl (C=O) groups is 2. The van der Waals surface area contributed by atoms with Gasteiger partial charge >= 0.3 is 0 Å². The van der Waals surface area contributed by atoms with E-state index in [2.05, 4.69) is 4.98 Å². The van der Waals surface area contributed by atoms with Gasteiger partial charge in [0.2, 0.25) is 0 Å². The van der Waals surface area contributed by atoms with Crippen LogP contribution in [0, 0.1) is 5.82 Å². The van der Waals surface area contributed by atoms with Crippen LogP contribution in [0.1, 0.15) is 23.6 Å². The minimum atomic E-state index is -0.750. The fourth-order valence-electron chi connectivity index (χ4n) is 3.32. The van der Waals surface area contributed by atoms with Crippen LogP contribution in [-0.4, -0.2) is 58.8 Å². The summed E-state index contributed by atoms with van der Waals surface area (Å²) in [4.78, 5) is 33.0. The molecule has 0 radical (unpaired) electrons. The summed E-state index contributed by atoms with van der Waals surface area (Å²) < 4.78 is 13.2. The molecular formula is C21H22FN3O3. The normalized spacial score (nSPS) is 18.9. The first-order valence-corrected chi connectivity index (χ1v) is 8.99. The molecule has 1 aliphatic heterocycles.